The summed E-state index contributed by atoms with van der Waals surface area (Å²) < 4.78 is 0. The summed E-state index contributed by atoms with van der Waals surface area (Å²) in [6, 6.07) is 1.97. The molecule has 1 saturated heterocycles. The van der Waals surface area contributed by atoms with Crippen molar-refractivity contribution in [2.75, 3.05) is 25.5 Å². The standard InChI is InChI=1S/C8H12ClN5/c9-2-1-3-14-5-7(4-10)8(6-14)12-13-11/h7-8H,1-3,5-6H2/t7-,8+/m0/s1. The van der Waals surface area contributed by atoms with Gasteiger partial charge >= 0.3 is 0 Å². The van der Waals surface area contributed by atoms with Gasteiger partial charge in [0.05, 0.1) is 18.0 Å². The van der Waals surface area contributed by atoms with Crippen LogP contribution in [0, 0.1) is 17.2 Å². The molecule has 6 heteroatoms. The van der Waals surface area contributed by atoms with E-state index in [2.05, 4.69) is 21.0 Å². The highest BCUT2D eigenvalue weighted by molar-refractivity contribution is 6.17. The van der Waals surface area contributed by atoms with Crippen LogP contribution in [0.25, 0.3) is 10.4 Å². The molecular formula is C8H12ClN5. The number of alkyl halides is 1. The van der Waals surface area contributed by atoms with Crippen molar-refractivity contribution in [3.63, 3.8) is 0 Å². The maximum Gasteiger partial charge on any atom is 0.0687 e. The van der Waals surface area contributed by atoms with Crippen molar-refractivity contribution >= 4 is 11.6 Å². The van der Waals surface area contributed by atoms with Crippen LogP contribution in [0.15, 0.2) is 5.11 Å². The lowest BCUT2D eigenvalue weighted by Gasteiger charge is -2.12. The molecule has 2 atom stereocenters. The second-order valence-corrected chi connectivity index (χ2v) is 3.69. The van der Waals surface area contributed by atoms with E-state index in [0.717, 1.165) is 13.0 Å². The summed E-state index contributed by atoms with van der Waals surface area (Å²) in [5.74, 6) is 0.459. The average molecular weight is 214 g/mol. The SMILES string of the molecule is N#C[C@H]1CN(CCCCl)C[C@H]1N=[N+]=[N-]. The Kier molecular flexibility index (Phi) is 4.54. The van der Waals surface area contributed by atoms with E-state index in [-0.39, 0.29) is 12.0 Å². The number of nitriles is 1. The molecule has 14 heavy (non-hydrogen) atoms. The fraction of sp³-hybridized carbons (Fsp3) is 0.875. The zero-order valence-electron chi connectivity index (χ0n) is 7.80. The number of hydrogen-bond acceptors (Lipinski definition) is 3. The van der Waals surface area contributed by atoms with Gasteiger partial charge in [0.2, 0.25) is 0 Å². The topological polar surface area (TPSA) is 75.8 Å². The Balaban J connectivity index is 2.48. The van der Waals surface area contributed by atoms with Crippen LogP contribution in [-0.2, 0) is 0 Å². The molecule has 1 rings (SSSR count). The third-order valence-corrected chi connectivity index (χ3v) is 2.61. The van der Waals surface area contributed by atoms with Crippen LogP contribution < -0.4 is 0 Å². The Bertz CT molecular complexity index is 267. The lowest BCUT2D eigenvalue weighted by molar-refractivity contribution is 0.331. The molecule has 1 aliphatic rings. The van der Waals surface area contributed by atoms with E-state index in [4.69, 9.17) is 22.4 Å². The highest BCUT2D eigenvalue weighted by Crippen LogP contribution is 2.19. The molecule has 0 amide bonds. The molecule has 0 radical (unpaired) electrons. The molecule has 0 N–H and O–H groups in total. The van der Waals surface area contributed by atoms with Crippen molar-refractivity contribution in [2.45, 2.75) is 12.5 Å². The van der Waals surface area contributed by atoms with Crippen LogP contribution >= 0.6 is 11.6 Å². The molecule has 5 nitrogen and oxygen atoms in total. The Morgan fingerprint density at radius 1 is 1.64 bits per heavy atom. The van der Waals surface area contributed by atoms with Crippen LogP contribution in [0.5, 0.6) is 0 Å². The average Bonchev–Trinajstić information content (AvgIpc) is 2.58. The number of rotatable bonds is 4. The molecule has 0 aliphatic carbocycles. The zero-order chi connectivity index (χ0) is 10.4. The van der Waals surface area contributed by atoms with Crippen molar-refractivity contribution < 1.29 is 0 Å². The molecule has 76 valence electrons. The third kappa shape index (κ3) is 2.78. The van der Waals surface area contributed by atoms with E-state index in [1.54, 1.807) is 0 Å². The molecule has 0 spiro atoms. The van der Waals surface area contributed by atoms with Crippen molar-refractivity contribution in [3.8, 4) is 6.07 Å². The summed E-state index contributed by atoms with van der Waals surface area (Å²) in [5.41, 5.74) is 8.31. The Morgan fingerprint density at radius 3 is 3.00 bits per heavy atom. The van der Waals surface area contributed by atoms with Crippen molar-refractivity contribution in [1.29, 1.82) is 5.26 Å². The molecule has 0 saturated carbocycles. The zero-order valence-corrected chi connectivity index (χ0v) is 8.56. The summed E-state index contributed by atoms with van der Waals surface area (Å²) in [5, 5.41) is 12.4. The summed E-state index contributed by atoms with van der Waals surface area (Å²) in [4.78, 5) is 4.87. The molecule has 0 aromatic heterocycles. The number of nitrogens with zero attached hydrogens (tertiary/aromatic N) is 5. The van der Waals surface area contributed by atoms with E-state index < -0.39 is 0 Å². The van der Waals surface area contributed by atoms with Gasteiger partial charge in [0, 0.05) is 23.9 Å². The molecule has 1 aliphatic heterocycles. The van der Waals surface area contributed by atoms with Gasteiger partial charge in [-0.15, -0.1) is 11.6 Å². The van der Waals surface area contributed by atoms with Gasteiger partial charge in [-0.25, -0.2) is 0 Å². The first kappa shape index (κ1) is 11.1. The van der Waals surface area contributed by atoms with E-state index in [0.29, 0.717) is 19.0 Å². The quantitative estimate of drug-likeness (QED) is 0.309. The Labute approximate surface area is 87.9 Å². The minimum absolute atomic E-state index is 0.166. The third-order valence-electron chi connectivity index (χ3n) is 2.34. The van der Waals surface area contributed by atoms with Gasteiger partial charge in [-0.3, -0.25) is 0 Å². The second-order valence-electron chi connectivity index (χ2n) is 3.31. The Morgan fingerprint density at radius 2 is 2.43 bits per heavy atom. The van der Waals surface area contributed by atoms with E-state index in [1.807, 2.05) is 0 Å². The lowest BCUT2D eigenvalue weighted by Crippen LogP contribution is -2.22. The second kappa shape index (κ2) is 5.71. The molecule has 0 unspecified atom stereocenters. The molecule has 0 aromatic rings. The number of hydrogen-bond donors (Lipinski definition) is 0. The number of halogens is 1. The predicted molar refractivity (Wildman–Crippen MR) is 53.8 cm³/mol. The van der Waals surface area contributed by atoms with Crippen LogP contribution in [-0.4, -0.2) is 36.5 Å². The maximum absolute atomic E-state index is 8.82. The minimum atomic E-state index is -0.194. The normalized spacial score (nSPS) is 26.9. The molecule has 0 aromatic carbocycles. The highest BCUT2D eigenvalue weighted by atomic mass is 35.5. The first-order valence-electron chi connectivity index (χ1n) is 4.54. The molecule has 1 heterocycles. The van der Waals surface area contributed by atoms with E-state index in [9.17, 15) is 0 Å². The van der Waals surface area contributed by atoms with Gasteiger partial charge < -0.3 is 4.90 Å². The smallest absolute Gasteiger partial charge is 0.0687 e. The predicted octanol–water partition coefficient (Wildman–Crippen LogP) is 1.75. The van der Waals surface area contributed by atoms with Gasteiger partial charge in [0.25, 0.3) is 0 Å². The summed E-state index contributed by atoms with van der Waals surface area (Å²) in [7, 11) is 0. The first-order chi connectivity index (χ1) is 6.81. The molecule has 1 fully saturated rings. The highest BCUT2D eigenvalue weighted by Gasteiger charge is 2.31. The van der Waals surface area contributed by atoms with Crippen molar-refractivity contribution in [1.82, 2.24) is 4.90 Å². The van der Waals surface area contributed by atoms with Crippen LogP contribution in [0.2, 0.25) is 0 Å². The first-order valence-corrected chi connectivity index (χ1v) is 5.07. The summed E-state index contributed by atoms with van der Waals surface area (Å²) >= 11 is 5.57. The minimum Gasteiger partial charge on any atom is -0.302 e. The van der Waals surface area contributed by atoms with Gasteiger partial charge in [-0.1, -0.05) is 5.11 Å². The molecular weight excluding hydrogens is 202 g/mol. The Hall–Kier alpha value is -0.950. The lowest BCUT2D eigenvalue weighted by atomic mass is 10.1. The molecule has 0 bridgehead atoms. The number of likely N-dealkylation sites (tertiary alicyclic amines) is 1. The fourth-order valence-corrected chi connectivity index (χ4v) is 1.76. The largest absolute Gasteiger partial charge is 0.302 e. The van der Waals surface area contributed by atoms with Gasteiger partial charge in [-0.2, -0.15) is 5.26 Å². The summed E-state index contributed by atoms with van der Waals surface area (Å²) in [6.45, 7) is 2.25. The number of azide groups is 1. The van der Waals surface area contributed by atoms with Gasteiger partial charge in [-0.05, 0) is 18.5 Å². The summed E-state index contributed by atoms with van der Waals surface area (Å²) in [6.07, 6.45) is 0.905. The van der Waals surface area contributed by atoms with Gasteiger partial charge in [0.1, 0.15) is 0 Å². The maximum atomic E-state index is 8.82. The van der Waals surface area contributed by atoms with Crippen LogP contribution in [0.3, 0.4) is 0 Å². The van der Waals surface area contributed by atoms with Crippen molar-refractivity contribution in [3.05, 3.63) is 10.4 Å². The van der Waals surface area contributed by atoms with E-state index >= 15 is 0 Å². The van der Waals surface area contributed by atoms with Crippen molar-refractivity contribution in [2.24, 2.45) is 11.0 Å². The van der Waals surface area contributed by atoms with Gasteiger partial charge in [0.15, 0.2) is 0 Å². The van der Waals surface area contributed by atoms with E-state index in [1.165, 1.54) is 0 Å². The monoisotopic (exact) mass is 213 g/mol. The van der Waals surface area contributed by atoms with Crippen LogP contribution in [0.4, 0.5) is 0 Å². The fourth-order valence-electron chi connectivity index (χ4n) is 1.64. The van der Waals surface area contributed by atoms with Crippen LogP contribution in [0.1, 0.15) is 6.42 Å².